The number of carbonyl (C=O) groups excluding carboxylic acids is 1. The monoisotopic (exact) mass is 361 g/mol. The highest BCUT2D eigenvalue weighted by atomic mass is 79.9. The van der Waals surface area contributed by atoms with Gasteiger partial charge in [0, 0.05) is 15.2 Å². The Morgan fingerprint density at radius 1 is 1.16 bits per heavy atom. The second-order valence-electron chi connectivity index (χ2n) is 3.71. The largest absolute Gasteiger partial charge is 0.322 e. The number of anilines is 1. The van der Waals surface area contributed by atoms with Crippen LogP contribution in [0.4, 0.5) is 10.1 Å². The maximum atomic E-state index is 13.0. The van der Waals surface area contributed by atoms with Gasteiger partial charge < -0.3 is 5.32 Å². The lowest BCUT2D eigenvalue weighted by molar-refractivity contribution is 0.102. The zero-order valence-corrected chi connectivity index (χ0v) is 12.5. The second kappa shape index (κ2) is 5.90. The molecule has 0 aliphatic heterocycles. The predicted octanol–water partition coefficient (Wildman–Crippen LogP) is 5.15. The van der Waals surface area contributed by atoms with E-state index in [4.69, 9.17) is 23.2 Å². The van der Waals surface area contributed by atoms with Gasteiger partial charge in [0.25, 0.3) is 5.91 Å². The summed E-state index contributed by atoms with van der Waals surface area (Å²) < 4.78 is 13.6. The van der Waals surface area contributed by atoms with Crippen LogP contribution in [0.1, 0.15) is 10.4 Å². The number of hydrogen-bond donors (Lipinski definition) is 1. The maximum Gasteiger partial charge on any atom is 0.256 e. The molecule has 0 fully saturated rings. The Labute approximate surface area is 127 Å². The lowest BCUT2D eigenvalue weighted by Gasteiger charge is -2.08. The Kier molecular flexibility index (Phi) is 4.45. The summed E-state index contributed by atoms with van der Waals surface area (Å²) in [5.41, 5.74) is 0.788. The van der Waals surface area contributed by atoms with Crippen LogP contribution in [0.2, 0.25) is 10.0 Å². The fourth-order valence-corrected chi connectivity index (χ4v) is 2.22. The van der Waals surface area contributed by atoms with Crippen LogP contribution in [0.15, 0.2) is 40.9 Å². The molecule has 0 saturated heterocycles. The van der Waals surface area contributed by atoms with Crippen LogP contribution in [0.3, 0.4) is 0 Å². The van der Waals surface area contributed by atoms with Crippen LogP contribution in [0.25, 0.3) is 0 Å². The molecule has 0 saturated carbocycles. The predicted molar refractivity (Wildman–Crippen MR) is 78.5 cm³/mol. The van der Waals surface area contributed by atoms with Crippen LogP contribution < -0.4 is 5.32 Å². The van der Waals surface area contributed by atoms with Crippen molar-refractivity contribution in [2.75, 3.05) is 5.32 Å². The molecule has 0 heterocycles. The summed E-state index contributed by atoms with van der Waals surface area (Å²) >= 11 is 14.7. The molecular formula is C13H7BrCl2FNO. The van der Waals surface area contributed by atoms with Crippen molar-refractivity contribution in [3.05, 3.63) is 62.3 Å². The fraction of sp³-hybridized carbons (Fsp3) is 0. The zero-order chi connectivity index (χ0) is 14.0. The van der Waals surface area contributed by atoms with Crippen LogP contribution in [-0.4, -0.2) is 5.91 Å². The van der Waals surface area contributed by atoms with Gasteiger partial charge in [-0.3, -0.25) is 4.79 Å². The van der Waals surface area contributed by atoms with E-state index in [0.29, 0.717) is 20.7 Å². The molecule has 0 unspecified atom stereocenters. The average Bonchev–Trinajstić information content (AvgIpc) is 2.36. The first-order chi connectivity index (χ1) is 8.97. The third kappa shape index (κ3) is 3.47. The molecule has 0 spiro atoms. The Balaban J connectivity index is 2.25. The van der Waals surface area contributed by atoms with E-state index in [1.807, 2.05) is 0 Å². The van der Waals surface area contributed by atoms with Crippen LogP contribution in [0, 0.1) is 5.82 Å². The standard InChI is InChI=1S/C13H7BrCl2FNO/c14-10-3-1-7(15)5-9(10)13(19)18-8-2-4-12(17)11(16)6-8/h1-6H,(H,18,19). The number of amides is 1. The smallest absolute Gasteiger partial charge is 0.256 e. The van der Waals surface area contributed by atoms with Gasteiger partial charge in [-0.15, -0.1) is 0 Å². The van der Waals surface area contributed by atoms with E-state index in [1.54, 1.807) is 12.1 Å². The van der Waals surface area contributed by atoms with Gasteiger partial charge in [0.2, 0.25) is 0 Å². The Bertz CT molecular complexity index is 649. The normalized spacial score (nSPS) is 10.3. The molecule has 2 rings (SSSR count). The van der Waals surface area contributed by atoms with Gasteiger partial charge in [0.1, 0.15) is 5.82 Å². The molecule has 0 aliphatic rings. The molecule has 0 atom stereocenters. The summed E-state index contributed by atoms with van der Waals surface area (Å²) in [6.07, 6.45) is 0. The molecule has 2 nitrogen and oxygen atoms in total. The van der Waals surface area contributed by atoms with Crippen molar-refractivity contribution in [1.29, 1.82) is 0 Å². The topological polar surface area (TPSA) is 29.1 Å². The number of rotatable bonds is 2. The van der Waals surface area contributed by atoms with Gasteiger partial charge in [-0.25, -0.2) is 4.39 Å². The van der Waals surface area contributed by atoms with Gasteiger partial charge in [-0.05, 0) is 52.3 Å². The van der Waals surface area contributed by atoms with Crippen molar-refractivity contribution in [3.63, 3.8) is 0 Å². The Hall–Kier alpha value is -1.10. The number of benzene rings is 2. The van der Waals surface area contributed by atoms with Crippen LogP contribution >= 0.6 is 39.1 Å². The number of carbonyl (C=O) groups is 1. The molecule has 19 heavy (non-hydrogen) atoms. The quantitative estimate of drug-likeness (QED) is 0.786. The van der Waals surface area contributed by atoms with E-state index in [0.717, 1.165) is 0 Å². The SMILES string of the molecule is O=C(Nc1ccc(F)c(Cl)c1)c1cc(Cl)ccc1Br. The second-order valence-corrected chi connectivity index (χ2v) is 5.41. The van der Waals surface area contributed by atoms with Crippen molar-refractivity contribution in [2.45, 2.75) is 0 Å². The molecule has 6 heteroatoms. The number of nitrogens with one attached hydrogen (secondary N) is 1. The van der Waals surface area contributed by atoms with Crippen LogP contribution in [0.5, 0.6) is 0 Å². The average molecular weight is 363 g/mol. The summed E-state index contributed by atoms with van der Waals surface area (Å²) in [6, 6.07) is 8.83. The molecule has 1 amide bonds. The van der Waals surface area contributed by atoms with Gasteiger partial charge in [-0.1, -0.05) is 23.2 Å². The van der Waals surface area contributed by atoms with Gasteiger partial charge in [0.15, 0.2) is 0 Å². The van der Waals surface area contributed by atoms with E-state index in [1.165, 1.54) is 24.3 Å². The minimum atomic E-state index is -0.538. The molecule has 2 aromatic carbocycles. The van der Waals surface area contributed by atoms with E-state index in [9.17, 15) is 9.18 Å². The number of hydrogen-bond acceptors (Lipinski definition) is 1. The van der Waals surface area contributed by atoms with Crippen molar-refractivity contribution >= 4 is 50.7 Å². The lowest BCUT2D eigenvalue weighted by Crippen LogP contribution is -2.12. The summed E-state index contributed by atoms with van der Waals surface area (Å²) in [5, 5.41) is 3.01. The summed E-state index contributed by atoms with van der Waals surface area (Å²) in [5.74, 6) is -0.902. The third-order valence-corrected chi connectivity index (χ3v) is 3.57. The Morgan fingerprint density at radius 3 is 2.58 bits per heavy atom. The van der Waals surface area contributed by atoms with Crippen molar-refractivity contribution in [2.24, 2.45) is 0 Å². The van der Waals surface area contributed by atoms with Crippen molar-refractivity contribution in [1.82, 2.24) is 0 Å². The molecular weight excluding hydrogens is 356 g/mol. The van der Waals surface area contributed by atoms with Crippen molar-refractivity contribution < 1.29 is 9.18 Å². The summed E-state index contributed by atoms with van der Waals surface area (Å²) in [6.45, 7) is 0. The number of halogens is 4. The van der Waals surface area contributed by atoms with Gasteiger partial charge >= 0.3 is 0 Å². The van der Waals surface area contributed by atoms with Gasteiger partial charge in [-0.2, -0.15) is 0 Å². The molecule has 1 N–H and O–H groups in total. The fourth-order valence-electron chi connectivity index (χ4n) is 1.44. The first-order valence-corrected chi connectivity index (χ1v) is 6.74. The zero-order valence-electron chi connectivity index (χ0n) is 9.38. The van der Waals surface area contributed by atoms with Gasteiger partial charge in [0.05, 0.1) is 10.6 Å². The highest BCUT2D eigenvalue weighted by molar-refractivity contribution is 9.10. The van der Waals surface area contributed by atoms with Crippen molar-refractivity contribution in [3.8, 4) is 0 Å². The Morgan fingerprint density at radius 2 is 1.89 bits per heavy atom. The first kappa shape index (κ1) is 14.3. The highest BCUT2D eigenvalue weighted by Crippen LogP contribution is 2.24. The van der Waals surface area contributed by atoms with E-state index < -0.39 is 5.82 Å². The molecule has 0 aliphatic carbocycles. The highest BCUT2D eigenvalue weighted by Gasteiger charge is 2.11. The van der Waals surface area contributed by atoms with E-state index >= 15 is 0 Å². The minimum Gasteiger partial charge on any atom is -0.322 e. The molecule has 0 aromatic heterocycles. The summed E-state index contributed by atoms with van der Waals surface area (Å²) in [7, 11) is 0. The molecule has 98 valence electrons. The summed E-state index contributed by atoms with van der Waals surface area (Å²) in [4.78, 5) is 12.0. The maximum absolute atomic E-state index is 13.0. The third-order valence-electron chi connectivity index (χ3n) is 2.35. The van der Waals surface area contributed by atoms with Crippen LogP contribution in [-0.2, 0) is 0 Å². The lowest BCUT2D eigenvalue weighted by atomic mass is 10.2. The molecule has 0 radical (unpaired) electrons. The van der Waals surface area contributed by atoms with E-state index in [-0.39, 0.29) is 10.9 Å². The minimum absolute atomic E-state index is 0.0528. The first-order valence-electron chi connectivity index (χ1n) is 5.19. The molecule has 0 bridgehead atoms. The molecule has 2 aromatic rings. The van der Waals surface area contributed by atoms with E-state index in [2.05, 4.69) is 21.2 Å².